The van der Waals surface area contributed by atoms with Gasteiger partial charge in [0.25, 0.3) is 0 Å². The Morgan fingerprint density at radius 3 is 2.57 bits per heavy atom. The predicted octanol–water partition coefficient (Wildman–Crippen LogP) is 4.12. The van der Waals surface area contributed by atoms with E-state index in [-0.39, 0.29) is 11.9 Å². The molecular weight excluding hydrogens is 263 g/mol. The number of rotatable bonds is 6. The van der Waals surface area contributed by atoms with Crippen LogP contribution < -0.4 is 5.32 Å². The van der Waals surface area contributed by atoms with E-state index in [4.69, 9.17) is 0 Å². The molecule has 0 saturated carbocycles. The van der Waals surface area contributed by atoms with E-state index >= 15 is 0 Å². The van der Waals surface area contributed by atoms with Crippen molar-refractivity contribution in [3.63, 3.8) is 0 Å². The summed E-state index contributed by atoms with van der Waals surface area (Å²) < 4.78 is 13.0. The van der Waals surface area contributed by atoms with Crippen molar-refractivity contribution >= 4 is 0 Å². The Morgan fingerprint density at radius 2 is 1.95 bits per heavy atom. The lowest BCUT2D eigenvalue weighted by Gasteiger charge is -2.18. The fourth-order valence-corrected chi connectivity index (χ4v) is 2.36. The van der Waals surface area contributed by atoms with Crippen molar-refractivity contribution in [2.24, 2.45) is 0 Å². The van der Waals surface area contributed by atoms with E-state index < -0.39 is 0 Å². The molecule has 0 aliphatic carbocycles. The third-order valence-electron chi connectivity index (χ3n) is 3.76. The van der Waals surface area contributed by atoms with Crippen LogP contribution in [-0.4, -0.2) is 11.5 Å². The molecule has 112 valence electrons. The van der Waals surface area contributed by atoms with Gasteiger partial charge < -0.3 is 5.32 Å². The summed E-state index contributed by atoms with van der Waals surface area (Å²) in [5, 5.41) is 3.50. The predicted molar refractivity (Wildman–Crippen MR) is 84.8 cm³/mol. The Hall–Kier alpha value is -1.74. The van der Waals surface area contributed by atoms with Gasteiger partial charge in [0.2, 0.25) is 0 Å². The summed E-state index contributed by atoms with van der Waals surface area (Å²) in [5.74, 6) is -0.292. The molecule has 1 atom stereocenters. The van der Waals surface area contributed by atoms with Gasteiger partial charge in [-0.1, -0.05) is 25.1 Å². The first kappa shape index (κ1) is 15.6. The maximum Gasteiger partial charge on any atom is 0.141 e. The first-order valence-corrected chi connectivity index (χ1v) is 7.51. The second-order valence-electron chi connectivity index (χ2n) is 5.53. The Morgan fingerprint density at radius 1 is 1.14 bits per heavy atom. The van der Waals surface area contributed by atoms with Crippen LogP contribution in [0.4, 0.5) is 4.39 Å². The number of aromatic nitrogens is 1. The molecule has 0 fully saturated rings. The molecule has 1 unspecified atom stereocenters. The number of nitrogens with zero attached hydrogens (tertiary/aromatic N) is 1. The van der Waals surface area contributed by atoms with Gasteiger partial charge in [0, 0.05) is 0 Å². The fraction of sp³-hybridized carbons (Fsp3) is 0.389. The molecule has 3 heteroatoms. The van der Waals surface area contributed by atoms with Crippen molar-refractivity contribution in [1.82, 2.24) is 10.3 Å². The summed E-state index contributed by atoms with van der Waals surface area (Å²) in [6.45, 7) is 7.31. The Balaban J connectivity index is 2.19. The quantitative estimate of drug-likeness (QED) is 0.864. The number of aryl methyl sites for hydroxylation is 2. The first-order valence-electron chi connectivity index (χ1n) is 7.51. The lowest BCUT2D eigenvalue weighted by Crippen LogP contribution is -2.25. The van der Waals surface area contributed by atoms with Gasteiger partial charge in [-0.15, -0.1) is 0 Å². The van der Waals surface area contributed by atoms with Gasteiger partial charge in [0.05, 0.1) is 17.9 Å². The monoisotopic (exact) mass is 286 g/mol. The summed E-state index contributed by atoms with van der Waals surface area (Å²) >= 11 is 0. The van der Waals surface area contributed by atoms with Crippen molar-refractivity contribution in [2.75, 3.05) is 6.54 Å². The highest BCUT2D eigenvalue weighted by molar-refractivity contribution is 5.31. The SMILES string of the molecule is CCCNC(Cc1ccc(C)c(C)c1)c1ccc(F)cn1. The molecule has 0 radical (unpaired) electrons. The minimum atomic E-state index is -0.292. The molecule has 2 aromatic rings. The highest BCUT2D eigenvalue weighted by Crippen LogP contribution is 2.19. The largest absolute Gasteiger partial charge is 0.308 e. The zero-order valence-corrected chi connectivity index (χ0v) is 13.0. The van der Waals surface area contributed by atoms with Crippen molar-refractivity contribution in [3.8, 4) is 0 Å². The molecule has 0 aliphatic rings. The van der Waals surface area contributed by atoms with Crippen LogP contribution in [0.5, 0.6) is 0 Å². The van der Waals surface area contributed by atoms with Crippen LogP contribution in [0.1, 0.15) is 41.8 Å². The highest BCUT2D eigenvalue weighted by atomic mass is 19.1. The molecule has 0 spiro atoms. The summed E-state index contributed by atoms with van der Waals surface area (Å²) in [7, 11) is 0. The normalized spacial score (nSPS) is 12.4. The van der Waals surface area contributed by atoms with Crippen molar-refractivity contribution in [3.05, 3.63) is 64.7 Å². The third-order valence-corrected chi connectivity index (χ3v) is 3.76. The summed E-state index contributed by atoms with van der Waals surface area (Å²) in [6.07, 6.45) is 3.21. The van der Waals surface area contributed by atoms with Gasteiger partial charge in [0.1, 0.15) is 5.82 Å². The van der Waals surface area contributed by atoms with E-state index in [0.717, 1.165) is 25.1 Å². The van der Waals surface area contributed by atoms with Gasteiger partial charge in [0.15, 0.2) is 0 Å². The molecule has 1 aromatic heterocycles. The first-order chi connectivity index (χ1) is 10.1. The van der Waals surface area contributed by atoms with Crippen LogP contribution in [0.3, 0.4) is 0 Å². The van der Waals surface area contributed by atoms with Crippen LogP contribution in [0.15, 0.2) is 36.5 Å². The number of nitrogens with one attached hydrogen (secondary N) is 1. The van der Waals surface area contributed by atoms with Crippen molar-refractivity contribution < 1.29 is 4.39 Å². The zero-order valence-electron chi connectivity index (χ0n) is 13.0. The molecule has 1 N–H and O–H groups in total. The number of halogens is 1. The molecule has 2 nitrogen and oxygen atoms in total. The molecule has 0 aliphatic heterocycles. The van der Waals surface area contributed by atoms with Gasteiger partial charge in [-0.05, 0) is 62.1 Å². The van der Waals surface area contributed by atoms with Gasteiger partial charge in [-0.25, -0.2) is 4.39 Å². The van der Waals surface area contributed by atoms with Crippen LogP contribution >= 0.6 is 0 Å². The lowest BCUT2D eigenvalue weighted by molar-refractivity contribution is 0.514. The smallest absolute Gasteiger partial charge is 0.141 e. The van der Waals surface area contributed by atoms with Crippen molar-refractivity contribution in [2.45, 2.75) is 39.7 Å². The Bertz CT molecular complexity index is 578. The average Bonchev–Trinajstić information content (AvgIpc) is 2.48. The van der Waals surface area contributed by atoms with Gasteiger partial charge >= 0.3 is 0 Å². The zero-order chi connectivity index (χ0) is 15.2. The second kappa shape index (κ2) is 7.32. The Labute approximate surface area is 126 Å². The fourth-order valence-electron chi connectivity index (χ4n) is 2.36. The maximum absolute atomic E-state index is 13.0. The van der Waals surface area contributed by atoms with E-state index in [1.807, 2.05) is 0 Å². The summed E-state index contributed by atoms with van der Waals surface area (Å²) in [4.78, 5) is 4.23. The standard InChI is InChI=1S/C18H23FN2/c1-4-9-20-18(17-8-7-16(19)12-21-17)11-15-6-5-13(2)14(3)10-15/h5-8,10,12,18,20H,4,9,11H2,1-3H3. The number of hydrogen-bond acceptors (Lipinski definition) is 2. The van der Waals surface area contributed by atoms with E-state index in [2.05, 4.69) is 49.3 Å². The topological polar surface area (TPSA) is 24.9 Å². The second-order valence-corrected chi connectivity index (χ2v) is 5.53. The third kappa shape index (κ3) is 4.36. The maximum atomic E-state index is 13.0. The molecule has 0 bridgehead atoms. The molecule has 0 amide bonds. The van der Waals surface area contributed by atoms with Crippen molar-refractivity contribution in [1.29, 1.82) is 0 Å². The molecule has 21 heavy (non-hydrogen) atoms. The molecule has 1 aromatic carbocycles. The highest BCUT2D eigenvalue weighted by Gasteiger charge is 2.13. The number of benzene rings is 1. The minimum Gasteiger partial charge on any atom is -0.308 e. The summed E-state index contributed by atoms with van der Waals surface area (Å²) in [6, 6.07) is 9.89. The van der Waals surface area contributed by atoms with Gasteiger partial charge in [-0.2, -0.15) is 0 Å². The van der Waals surface area contributed by atoms with Crippen LogP contribution in [0, 0.1) is 19.7 Å². The van der Waals surface area contributed by atoms with Gasteiger partial charge in [-0.3, -0.25) is 4.98 Å². The van der Waals surface area contributed by atoms with E-state index in [9.17, 15) is 4.39 Å². The van der Waals surface area contributed by atoms with Crippen LogP contribution in [0.25, 0.3) is 0 Å². The van der Waals surface area contributed by atoms with Crippen LogP contribution in [-0.2, 0) is 6.42 Å². The van der Waals surface area contributed by atoms with E-state index in [1.54, 1.807) is 6.07 Å². The number of pyridine rings is 1. The Kier molecular flexibility index (Phi) is 5.45. The minimum absolute atomic E-state index is 0.118. The summed E-state index contributed by atoms with van der Waals surface area (Å²) in [5.41, 5.74) is 4.77. The molecular formula is C18H23FN2. The molecule has 0 saturated heterocycles. The van der Waals surface area contributed by atoms with E-state index in [0.29, 0.717) is 0 Å². The van der Waals surface area contributed by atoms with E-state index in [1.165, 1.54) is 29.0 Å². The molecule has 1 heterocycles. The lowest BCUT2D eigenvalue weighted by atomic mass is 9.99. The molecule has 2 rings (SSSR count). The van der Waals surface area contributed by atoms with Crippen LogP contribution in [0.2, 0.25) is 0 Å². The number of hydrogen-bond donors (Lipinski definition) is 1. The average molecular weight is 286 g/mol.